The average molecular weight is 238 g/mol. The fourth-order valence-electron chi connectivity index (χ4n) is 1.38. The van der Waals surface area contributed by atoms with E-state index in [4.69, 9.17) is 26.5 Å². The average Bonchev–Trinajstić information content (AvgIpc) is 2.80. The number of rotatable bonds is 4. The lowest BCUT2D eigenvalue weighted by Crippen LogP contribution is -2.02. The van der Waals surface area contributed by atoms with Gasteiger partial charge in [0.15, 0.2) is 0 Å². The van der Waals surface area contributed by atoms with Gasteiger partial charge in [0.05, 0.1) is 12.5 Å². The summed E-state index contributed by atoms with van der Waals surface area (Å²) in [7, 11) is 0. The molecule has 2 aromatic rings. The van der Waals surface area contributed by atoms with Crippen LogP contribution in [0.1, 0.15) is 11.1 Å². The number of halogens is 1. The molecule has 1 aromatic heterocycles. The van der Waals surface area contributed by atoms with Crippen LogP contribution in [0.25, 0.3) is 0 Å². The van der Waals surface area contributed by atoms with E-state index in [9.17, 15) is 0 Å². The zero-order valence-electron chi connectivity index (χ0n) is 8.65. The summed E-state index contributed by atoms with van der Waals surface area (Å²) < 4.78 is 10.6. The van der Waals surface area contributed by atoms with Crippen molar-refractivity contribution >= 4 is 11.6 Å². The Balaban J connectivity index is 2.09. The van der Waals surface area contributed by atoms with Gasteiger partial charge in [-0.3, -0.25) is 0 Å². The van der Waals surface area contributed by atoms with Crippen molar-refractivity contribution < 1.29 is 9.15 Å². The summed E-state index contributed by atoms with van der Waals surface area (Å²) in [5.74, 6) is 0.758. The fraction of sp³-hybridized carbons (Fsp3) is 0.167. The SMILES string of the molecule is NCc1cc(Cl)ccc1OCc1ccoc1. The maximum Gasteiger partial charge on any atom is 0.124 e. The molecule has 0 spiro atoms. The topological polar surface area (TPSA) is 48.4 Å². The van der Waals surface area contributed by atoms with Crippen LogP contribution < -0.4 is 10.5 Å². The predicted octanol–water partition coefficient (Wildman–Crippen LogP) is 2.97. The number of hydrogen-bond acceptors (Lipinski definition) is 3. The van der Waals surface area contributed by atoms with Gasteiger partial charge in [-0.05, 0) is 24.3 Å². The minimum atomic E-state index is 0.404. The van der Waals surface area contributed by atoms with Crippen molar-refractivity contribution in [3.8, 4) is 5.75 Å². The van der Waals surface area contributed by atoms with Gasteiger partial charge in [0.25, 0.3) is 0 Å². The smallest absolute Gasteiger partial charge is 0.124 e. The van der Waals surface area contributed by atoms with E-state index in [-0.39, 0.29) is 0 Å². The van der Waals surface area contributed by atoms with E-state index in [0.29, 0.717) is 18.2 Å². The van der Waals surface area contributed by atoms with Crippen LogP contribution in [0.15, 0.2) is 41.2 Å². The molecule has 0 amide bonds. The van der Waals surface area contributed by atoms with Crippen LogP contribution in [0.3, 0.4) is 0 Å². The van der Waals surface area contributed by atoms with Gasteiger partial charge in [0.1, 0.15) is 12.4 Å². The predicted molar refractivity (Wildman–Crippen MR) is 62.4 cm³/mol. The van der Waals surface area contributed by atoms with Crippen molar-refractivity contribution in [2.75, 3.05) is 0 Å². The molecule has 0 saturated heterocycles. The van der Waals surface area contributed by atoms with Crippen molar-refractivity contribution in [1.29, 1.82) is 0 Å². The van der Waals surface area contributed by atoms with Crippen LogP contribution in [-0.4, -0.2) is 0 Å². The van der Waals surface area contributed by atoms with Gasteiger partial charge in [-0.25, -0.2) is 0 Å². The summed E-state index contributed by atoms with van der Waals surface area (Å²) in [5, 5.41) is 0.663. The molecule has 0 unspecified atom stereocenters. The van der Waals surface area contributed by atoms with Gasteiger partial charge >= 0.3 is 0 Å². The Kier molecular flexibility index (Phi) is 3.49. The third-order valence-corrected chi connectivity index (χ3v) is 2.45. The third kappa shape index (κ3) is 2.56. The van der Waals surface area contributed by atoms with Crippen molar-refractivity contribution in [3.05, 3.63) is 52.9 Å². The van der Waals surface area contributed by atoms with Gasteiger partial charge in [-0.2, -0.15) is 0 Å². The van der Waals surface area contributed by atoms with Gasteiger partial charge < -0.3 is 14.9 Å². The molecule has 0 aliphatic carbocycles. The monoisotopic (exact) mass is 237 g/mol. The molecule has 3 nitrogen and oxygen atoms in total. The first-order valence-corrected chi connectivity index (χ1v) is 5.30. The van der Waals surface area contributed by atoms with Crippen molar-refractivity contribution in [2.45, 2.75) is 13.2 Å². The van der Waals surface area contributed by atoms with E-state index in [1.54, 1.807) is 18.6 Å². The molecule has 1 heterocycles. The minimum Gasteiger partial charge on any atom is -0.488 e. The normalized spacial score (nSPS) is 10.4. The molecule has 0 saturated carbocycles. The van der Waals surface area contributed by atoms with E-state index < -0.39 is 0 Å². The van der Waals surface area contributed by atoms with Crippen LogP contribution in [0.2, 0.25) is 5.02 Å². The summed E-state index contributed by atoms with van der Waals surface area (Å²) in [5.41, 5.74) is 7.49. The Labute approximate surface area is 98.8 Å². The maximum atomic E-state index is 5.87. The molecule has 0 atom stereocenters. The van der Waals surface area contributed by atoms with Crippen molar-refractivity contribution in [1.82, 2.24) is 0 Å². The highest BCUT2D eigenvalue weighted by molar-refractivity contribution is 6.30. The number of nitrogens with two attached hydrogens (primary N) is 1. The number of ether oxygens (including phenoxy) is 1. The molecular weight excluding hydrogens is 226 g/mol. The van der Waals surface area contributed by atoms with E-state index in [1.165, 1.54) is 0 Å². The largest absolute Gasteiger partial charge is 0.488 e. The highest BCUT2D eigenvalue weighted by atomic mass is 35.5. The minimum absolute atomic E-state index is 0.404. The van der Waals surface area contributed by atoms with E-state index in [0.717, 1.165) is 16.9 Å². The zero-order valence-corrected chi connectivity index (χ0v) is 9.41. The van der Waals surface area contributed by atoms with Gasteiger partial charge in [-0.1, -0.05) is 11.6 Å². The molecule has 2 rings (SSSR count). The highest BCUT2D eigenvalue weighted by Crippen LogP contribution is 2.23. The second-order valence-electron chi connectivity index (χ2n) is 3.38. The summed E-state index contributed by atoms with van der Waals surface area (Å²) in [6.07, 6.45) is 3.27. The van der Waals surface area contributed by atoms with Crippen molar-refractivity contribution in [2.24, 2.45) is 5.73 Å². The molecule has 0 radical (unpaired) electrons. The Bertz CT molecular complexity index is 454. The van der Waals surface area contributed by atoms with Crippen LogP contribution in [0.5, 0.6) is 5.75 Å². The molecule has 0 aliphatic heterocycles. The van der Waals surface area contributed by atoms with E-state index >= 15 is 0 Å². The lowest BCUT2D eigenvalue weighted by Gasteiger charge is -2.09. The highest BCUT2D eigenvalue weighted by Gasteiger charge is 2.04. The molecule has 16 heavy (non-hydrogen) atoms. The standard InChI is InChI=1S/C12H12ClNO2/c13-11-1-2-12(10(5-11)6-14)16-8-9-3-4-15-7-9/h1-5,7H,6,8,14H2. The van der Waals surface area contributed by atoms with Gasteiger partial charge in [0.2, 0.25) is 0 Å². The lowest BCUT2D eigenvalue weighted by atomic mass is 10.2. The molecule has 84 valence electrons. The summed E-state index contributed by atoms with van der Waals surface area (Å²) in [4.78, 5) is 0. The Morgan fingerprint density at radius 2 is 2.19 bits per heavy atom. The molecule has 0 bridgehead atoms. The number of hydrogen-bond donors (Lipinski definition) is 1. The van der Waals surface area contributed by atoms with E-state index in [2.05, 4.69) is 0 Å². The van der Waals surface area contributed by atoms with Crippen LogP contribution in [-0.2, 0) is 13.2 Å². The Morgan fingerprint density at radius 3 is 2.88 bits per heavy atom. The Morgan fingerprint density at radius 1 is 1.31 bits per heavy atom. The second kappa shape index (κ2) is 5.05. The third-order valence-electron chi connectivity index (χ3n) is 2.22. The lowest BCUT2D eigenvalue weighted by molar-refractivity contribution is 0.301. The second-order valence-corrected chi connectivity index (χ2v) is 3.81. The first kappa shape index (κ1) is 11.0. The molecule has 4 heteroatoms. The molecule has 2 N–H and O–H groups in total. The molecule has 1 aromatic carbocycles. The summed E-state index contributed by atoms with van der Waals surface area (Å²) in [6, 6.07) is 7.28. The van der Waals surface area contributed by atoms with Crippen LogP contribution >= 0.6 is 11.6 Å². The molecular formula is C12H12ClNO2. The molecule has 0 aliphatic rings. The zero-order chi connectivity index (χ0) is 11.4. The van der Waals surface area contributed by atoms with Crippen LogP contribution in [0, 0.1) is 0 Å². The van der Waals surface area contributed by atoms with Crippen molar-refractivity contribution in [3.63, 3.8) is 0 Å². The fourth-order valence-corrected chi connectivity index (χ4v) is 1.58. The van der Waals surface area contributed by atoms with Gasteiger partial charge in [-0.15, -0.1) is 0 Å². The first-order valence-electron chi connectivity index (χ1n) is 4.92. The molecule has 0 fully saturated rings. The Hall–Kier alpha value is -1.45. The van der Waals surface area contributed by atoms with Gasteiger partial charge in [0, 0.05) is 22.7 Å². The van der Waals surface area contributed by atoms with Crippen LogP contribution in [0.4, 0.5) is 0 Å². The van der Waals surface area contributed by atoms with E-state index in [1.807, 2.05) is 18.2 Å². The number of benzene rings is 1. The maximum absolute atomic E-state index is 5.87. The quantitative estimate of drug-likeness (QED) is 0.889. The first-order chi connectivity index (χ1) is 7.79. The number of furan rings is 1. The summed E-state index contributed by atoms with van der Waals surface area (Å²) in [6.45, 7) is 0.867. The summed E-state index contributed by atoms with van der Waals surface area (Å²) >= 11 is 5.87.